The molecule has 1 aliphatic rings. The van der Waals surface area contributed by atoms with Crippen molar-refractivity contribution < 1.29 is 9.59 Å². The molecule has 1 aromatic rings. The van der Waals surface area contributed by atoms with Crippen molar-refractivity contribution >= 4 is 35.2 Å². The first-order valence-corrected chi connectivity index (χ1v) is 8.55. The molecule has 1 fully saturated rings. The number of carbonyl (C=O) groups is 2. The summed E-state index contributed by atoms with van der Waals surface area (Å²) in [7, 11) is 0. The largest absolute Gasteiger partial charge is 0.272 e. The second-order valence-corrected chi connectivity index (χ2v) is 6.75. The van der Waals surface area contributed by atoms with E-state index in [1.54, 1.807) is 36.0 Å². The van der Waals surface area contributed by atoms with Gasteiger partial charge in [-0.25, -0.2) is 0 Å². The van der Waals surface area contributed by atoms with Gasteiger partial charge in [-0.1, -0.05) is 43.0 Å². The van der Waals surface area contributed by atoms with Crippen molar-refractivity contribution in [2.75, 3.05) is 5.75 Å². The number of nitrogens with one attached hydrogen (secondary N) is 2. The fraction of sp³-hybridized carbons (Fsp3) is 0.467. The molecule has 6 heteroatoms. The lowest BCUT2D eigenvalue weighted by Crippen LogP contribution is -2.42. The van der Waals surface area contributed by atoms with Crippen molar-refractivity contribution in [2.45, 2.75) is 37.4 Å². The Bertz CT molecular complexity index is 504. The van der Waals surface area contributed by atoms with E-state index in [-0.39, 0.29) is 5.91 Å². The van der Waals surface area contributed by atoms with Gasteiger partial charge in [-0.15, -0.1) is 11.8 Å². The van der Waals surface area contributed by atoms with Crippen LogP contribution in [0.15, 0.2) is 24.3 Å². The molecule has 1 aliphatic carbocycles. The number of rotatable bonds is 4. The van der Waals surface area contributed by atoms with Gasteiger partial charge in [-0.3, -0.25) is 20.4 Å². The maximum Gasteiger partial charge on any atom is 0.271 e. The summed E-state index contributed by atoms with van der Waals surface area (Å²) in [5.41, 5.74) is 5.17. The topological polar surface area (TPSA) is 58.2 Å². The summed E-state index contributed by atoms with van der Waals surface area (Å²) in [4.78, 5) is 23.6. The zero-order valence-electron chi connectivity index (χ0n) is 11.7. The molecule has 2 amide bonds. The van der Waals surface area contributed by atoms with Gasteiger partial charge in [-0.05, 0) is 25.0 Å². The quantitative estimate of drug-likeness (QED) is 0.836. The van der Waals surface area contributed by atoms with Crippen LogP contribution < -0.4 is 10.9 Å². The molecule has 0 unspecified atom stereocenters. The normalized spacial score (nSPS) is 15.5. The molecule has 0 heterocycles. The van der Waals surface area contributed by atoms with E-state index in [4.69, 9.17) is 11.6 Å². The maximum atomic E-state index is 11.9. The summed E-state index contributed by atoms with van der Waals surface area (Å²) >= 11 is 7.59. The van der Waals surface area contributed by atoms with Gasteiger partial charge in [-0.2, -0.15) is 0 Å². The summed E-state index contributed by atoms with van der Waals surface area (Å²) in [5, 5.41) is 0.935. The fourth-order valence-corrected chi connectivity index (χ4v) is 3.65. The number of benzene rings is 1. The number of halogens is 1. The Hall–Kier alpha value is -1.20. The van der Waals surface area contributed by atoms with Gasteiger partial charge in [0.1, 0.15) is 0 Å². The lowest BCUT2D eigenvalue weighted by molar-refractivity contribution is -0.119. The van der Waals surface area contributed by atoms with Crippen LogP contribution in [0, 0.1) is 0 Å². The van der Waals surface area contributed by atoms with Crippen LogP contribution in [-0.2, 0) is 4.79 Å². The molecule has 1 saturated carbocycles. The molecule has 4 nitrogen and oxygen atoms in total. The number of carbonyl (C=O) groups excluding carboxylic acids is 2. The van der Waals surface area contributed by atoms with Crippen LogP contribution in [-0.4, -0.2) is 22.8 Å². The number of hydrogen-bond acceptors (Lipinski definition) is 3. The van der Waals surface area contributed by atoms with E-state index >= 15 is 0 Å². The molecule has 0 spiro atoms. The van der Waals surface area contributed by atoms with Crippen molar-refractivity contribution in [1.82, 2.24) is 10.9 Å². The first-order valence-electron chi connectivity index (χ1n) is 7.12. The number of hydrazine groups is 1. The van der Waals surface area contributed by atoms with Crippen LogP contribution in [0.5, 0.6) is 0 Å². The van der Waals surface area contributed by atoms with Crippen LogP contribution in [0.2, 0.25) is 5.02 Å². The molecule has 0 bridgehead atoms. The first kappa shape index (κ1) is 16.2. The molecule has 21 heavy (non-hydrogen) atoms. The van der Waals surface area contributed by atoms with Gasteiger partial charge in [0.05, 0.1) is 16.3 Å². The number of hydrogen-bond donors (Lipinski definition) is 2. The van der Waals surface area contributed by atoms with Crippen LogP contribution >= 0.6 is 23.4 Å². The second kappa shape index (κ2) is 8.29. The first-order chi connectivity index (χ1) is 10.2. The van der Waals surface area contributed by atoms with Gasteiger partial charge < -0.3 is 0 Å². The van der Waals surface area contributed by atoms with E-state index in [0.717, 1.165) is 0 Å². The molecule has 1 aromatic carbocycles. The zero-order valence-corrected chi connectivity index (χ0v) is 13.3. The van der Waals surface area contributed by atoms with E-state index in [0.29, 0.717) is 21.6 Å². The van der Waals surface area contributed by atoms with E-state index in [1.165, 1.54) is 32.1 Å². The molecular weight excluding hydrogens is 308 g/mol. The van der Waals surface area contributed by atoms with Gasteiger partial charge in [0.2, 0.25) is 5.91 Å². The van der Waals surface area contributed by atoms with Crippen molar-refractivity contribution in [3.05, 3.63) is 34.9 Å². The van der Waals surface area contributed by atoms with Crippen molar-refractivity contribution in [2.24, 2.45) is 0 Å². The molecule has 114 valence electrons. The highest BCUT2D eigenvalue weighted by molar-refractivity contribution is 8.00. The van der Waals surface area contributed by atoms with Crippen molar-refractivity contribution in [3.8, 4) is 0 Å². The van der Waals surface area contributed by atoms with E-state index in [1.807, 2.05) is 0 Å². The lowest BCUT2D eigenvalue weighted by Gasteiger charge is -2.20. The molecule has 2 N–H and O–H groups in total. The van der Waals surface area contributed by atoms with Gasteiger partial charge in [0.25, 0.3) is 5.91 Å². The van der Waals surface area contributed by atoms with Crippen molar-refractivity contribution in [3.63, 3.8) is 0 Å². The summed E-state index contributed by atoms with van der Waals surface area (Å²) < 4.78 is 0. The average molecular weight is 327 g/mol. The average Bonchev–Trinajstić information content (AvgIpc) is 2.52. The van der Waals surface area contributed by atoms with Crippen LogP contribution in [0.3, 0.4) is 0 Å². The minimum atomic E-state index is -0.406. The predicted molar refractivity (Wildman–Crippen MR) is 86.4 cm³/mol. The molecule has 0 aromatic heterocycles. The van der Waals surface area contributed by atoms with Crippen LogP contribution in [0.1, 0.15) is 42.5 Å². The minimum Gasteiger partial charge on any atom is -0.272 e. The molecule has 2 rings (SSSR count). The summed E-state index contributed by atoms with van der Waals surface area (Å²) in [6.45, 7) is 0. The Morgan fingerprint density at radius 1 is 1.14 bits per heavy atom. The molecule has 0 saturated heterocycles. The SMILES string of the molecule is O=C(CSC1CCCCC1)NNC(=O)c1ccccc1Cl. The zero-order chi connectivity index (χ0) is 15.1. The molecule has 0 radical (unpaired) electrons. The number of thioether (sulfide) groups is 1. The monoisotopic (exact) mass is 326 g/mol. The molecule has 0 atom stereocenters. The Labute approximate surface area is 134 Å². The second-order valence-electron chi connectivity index (χ2n) is 5.05. The molecular formula is C15H19ClN2O2S. The van der Waals surface area contributed by atoms with Gasteiger partial charge >= 0.3 is 0 Å². The standard InChI is InChI=1S/C15H19ClN2O2S/c16-13-9-5-4-8-12(13)15(20)18-17-14(19)10-21-11-6-2-1-3-7-11/h4-5,8-9,11H,1-3,6-7,10H2,(H,17,19)(H,18,20). The Morgan fingerprint density at radius 3 is 2.57 bits per heavy atom. The van der Waals surface area contributed by atoms with Crippen molar-refractivity contribution in [1.29, 1.82) is 0 Å². The third-order valence-corrected chi connectivity index (χ3v) is 5.14. The lowest BCUT2D eigenvalue weighted by atomic mass is 10.0. The highest BCUT2D eigenvalue weighted by Crippen LogP contribution is 2.27. The van der Waals surface area contributed by atoms with E-state index in [9.17, 15) is 9.59 Å². The Balaban J connectivity index is 1.71. The smallest absolute Gasteiger partial charge is 0.271 e. The fourth-order valence-electron chi connectivity index (χ4n) is 2.30. The maximum absolute atomic E-state index is 11.9. The van der Waals surface area contributed by atoms with Crippen LogP contribution in [0.25, 0.3) is 0 Å². The van der Waals surface area contributed by atoms with Crippen LogP contribution in [0.4, 0.5) is 0 Å². The summed E-state index contributed by atoms with van der Waals surface area (Å²) in [5.74, 6) is -0.226. The van der Waals surface area contributed by atoms with E-state index < -0.39 is 5.91 Å². The Morgan fingerprint density at radius 2 is 1.86 bits per heavy atom. The highest BCUT2D eigenvalue weighted by Gasteiger charge is 2.16. The number of amides is 2. The van der Waals surface area contributed by atoms with Gasteiger partial charge in [0, 0.05) is 5.25 Å². The predicted octanol–water partition coefficient (Wildman–Crippen LogP) is 3.17. The third-order valence-electron chi connectivity index (χ3n) is 3.44. The van der Waals surface area contributed by atoms with Gasteiger partial charge in [0.15, 0.2) is 0 Å². The summed E-state index contributed by atoms with van der Waals surface area (Å²) in [6.07, 6.45) is 6.18. The molecule has 0 aliphatic heterocycles. The van der Waals surface area contributed by atoms with E-state index in [2.05, 4.69) is 10.9 Å². The third kappa shape index (κ3) is 5.25. The summed E-state index contributed by atoms with van der Waals surface area (Å²) in [6, 6.07) is 6.72. The Kier molecular flexibility index (Phi) is 6.39. The highest BCUT2D eigenvalue weighted by atomic mass is 35.5. The minimum absolute atomic E-state index is 0.189.